The zero-order valence-electron chi connectivity index (χ0n) is 17.0. The van der Waals surface area contributed by atoms with Crippen LogP contribution in [0.15, 0.2) is 71.3 Å². The topological polar surface area (TPSA) is 58.7 Å². The number of nitrogens with zero attached hydrogens (tertiary/aromatic N) is 2. The van der Waals surface area contributed by atoms with Crippen LogP contribution in [0.3, 0.4) is 0 Å². The van der Waals surface area contributed by atoms with Gasteiger partial charge in [-0.15, -0.1) is 0 Å². The standard InChI is InChI=1S/C25H23FN2O3/c26-20-7-10-23-24(13-20)27-31-25(23)18-5-8-22(9-6-18)30-16-21(29)15-28-12-11-17-3-1-2-4-19(17)14-28/h1-10,13,21,29H,11-12,14-16H2/t21-/m0/s1. The van der Waals surface area contributed by atoms with Gasteiger partial charge in [-0.05, 0) is 53.9 Å². The second-order valence-corrected chi connectivity index (χ2v) is 7.92. The number of halogens is 1. The number of aromatic nitrogens is 1. The summed E-state index contributed by atoms with van der Waals surface area (Å²) in [5.41, 5.74) is 4.04. The summed E-state index contributed by atoms with van der Waals surface area (Å²) in [4.78, 5) is 2.26. The number of fused-ring (bicyclic) bond motifs is 2. The van der Waals surface area contributed by atoms with Crippen LogP contribution in [0.2, 0.25) is 0 Å². The van der Waals surface area contributed by atoms with Gasteiger partial charge in [-0.3, -0.25) is 4.90 Å². The van der Waals surface area contributed by atoms with Gasteiger partial charge >= 0.3 is 0 Å². The number of ether oxygens (including phenoxy) is 1. The molecule has 158 valence electrons. The molecule has 5 nitrogen and oxygen atoms in total. The van der Waals surface area contributed by atoms with Gasteiger partial charge in [0.05, 0.1) is 0 Å². The van der Waals surface area contributed by atoms with Gasteiger partial charge in [-0.1, -0.05) is 29.4 Å². The summed E-state index contributed by atoms with van der Waals surface area (Å²) in [6.45, 7) is 2.60. The number of aliphatic hydroxyl groups is 1. The molecule has 0 bridgehead atoms. The minimum absolute atomic E-state index is 0.224. The van der Waals surface area contributed by atoms with E-state index < -0.39 is 6.10 Å². The van der Waals surface area contributed by atoms with Crippen LogP contribution in [0.1, 0.15) is 11.1 Å². The predicted molar refractivity (Wildman–Crippen MR) is 116 cm³/mol. The van der Waals surface area contributed by atoms with E-state index in [0.717, 1.165) is 30.5 Å². The smallest absolute Gasteiger partial charge is 0.174 e. The lowest BCUT2D eigenvalue weighted by Crippen LogP contribution is -2.38. The Hall–Kier alpha value is -3.22. The van der Waals surface area contributed by atoms with Crippen LogP contribution in [-0.4, -0.2) is 41.0 Å². The largest absolute Gasteiger partial charge is 0.491 e. The van der Waals surface area contributed by atoms with Gasteiger partial charge < -0.3 is 14.4 Å². The Balaban J connectivity index is 1.17. The fraction of sp³-hybridized carbons (Fsp3) is 0.240. The first kappa shape index (κ1) is 19.7. The molecule has 1 N–H and O–H groups in total. The maximum atomic E-state index is 13.3. The van der Waals surface area contributed by atoms with Crippen LogP contribution in [0, 0.1) is 5.82 Å². The number of benzene rings is 3. The summed E-state index contributed by atoms with van der Waals surface area (Å²) in [7, 11) is 0. The molecule has 0 saturated carbocycles. The van der Waals surface area contributed by atoms with Crippen molar-refractivity contribution in [3.8, 4) is 17.1 Å². The third-order valence-electron chi connectivity index (χ3n) is 5.68. The van der Waals surface area contributed by atoms with E-state index >= 15 is 0 Å². The SMILES string of the molecule is O[C@H](COc1ccc(-c2onc3cc(F)ccc23)cc1)CN1CCc2ccccc2C1. The van der Waals surface area contributed by atoms with Crippen LogP contribution < -0.4 is 4.74 Å². The van der Waals surface area contributed by atoms with Gasteiger partial charge in [-0.2, -0.15) is 0 Å². The Bertz CT molecular complexity index is 1190. The summed E-state index contributed by atoms with van der Waals surface area (Å²) < 4.78 is 24.5. The summed E-state index contributed by atoms with van der Waals surface area (Å²) >= 11 is 0. The van der Waals surface area contributed by atoms with Crippen molar-refractivity contribution in [2.75, 3.05) is 19.7 Å². The second-order valence-electron chi connectivity index (χ2n) is 7.92. The Morgan fingerprint density at radius 3 is 2.71 bits per heavy atom. The summed E-state index contributed by atoms with van der Waals surface area (Å²) in [6.07, 6.45) is 0.437. The lowest BCUT2D eigenvalue weighted by molar-refractivity contribution is 0.0638. The van der Waals surface area contributed by atoms with Gasteiger partial charge in [-0.25, -0.2) is 4.39 Å². The average Bonchev–Trinajstić information content (AvgIpc) is 3.21. The summed E-state index contributed by atoms with van der Waals surface area (Å²) in [6, 6.07) is 20.3. The van der Waals surface area contributed by atoms with E-state index in [2.05, 4.69) is 34.3 Å². The highest BCUT2D eigenvalue weighted by atomic mass is 19.1. The van der Waals surface area contributed by atoms with Crippen LogP contribution >= 0.6 is 0 Å². The molecule has 6 heteroatoms. The minimum Gasteiger partial charge on any atom is -0.491 e. The number of hydrogen-bond acceptors (Lipinski definition) is 5. The van der Waals surface area contributed by atoms with Gasteiger partial charge in [0, 0.05) is 36.7 Å². The van der Waals surface area contributed by atoms with Crippen LogP contribution in [-0.2, 0) is 13.0 Å². The normalized spacial score (nSPS) is 15.0. The van der Waals surface area contributed by atoms with E-state index in [0.29, 0.717) is 23.6 Å². The monoisotopic (exact) mass is 418 g/mol. The van der Waals surface area contributed by atoms with Crippen LogP contribution in [0.4, 0.5) is 4.39 Å². The Morgan fingerprint density at radius 2 is 1.87 bits per heavy atom. The zero-order chi connectivity index (χ0) is 21.2. The number of β-amino-alcohol motifs (C(OH)–C–C–N with tert-alkyl or cyclic N) is 1. The first-order chi connectivity index (χ1) is 15.2. The van der Waals surface area contributed by atoms with Crippen molar-refractivity contribution in [2.45, 2.75) is 19.1 Å². The van der Waals surface area contributed by atoms with Crippen LogP contribution in [0.5, 0.6) is 5.75 Å². The molecule has 0 spiro atoms. The Morgan fingerprint density at radius 1 is 1.06 bits per heavy atom. The van der Waals surface area contributed by atoms with Crippen molar-refractivity contribution in [1.29, 1.82) is 0 Å². The third kappa shape index (κ3) is 4.31. The number of rotatable bonds is 6. The molecule has 0 fully saturated rings. The molecule has 4 aromatic rings. The molecule has 1 aliphatic heterocycles. The molecule has 0 unspecified atom stereocenters. The van der Waals surface area contributed by atoms with Gasteiger partial charge in [0.25, 0.3) is 0 Å². The fourth-order valence-electron chi connectivity index (χ4n) is 4.08. The minimum atomic E-state index is -0.571. The van der Waals surface area contributed by atoms with E-state index in [-0.39, 0.29) is 12.4 Å². The van der Waals surface area contributed by atoms with Crippen molar-refractivity contribution in [2.24, 2.45) is 0 Å². The van der Waals surface area contributed by atoms with E-state index in [1.807, 2.05) is 24.3 Å². The quantitative estimate of drug-likeness (QED) is 0.502. The first-order valence-corrected chi connectivity index (χ1v) is 10.4. The highest BCUT2D eigenvalue weighted by Crippen LogP contribution is 2.30. The maximum Gasteiger partial charge on any atom is 0.174 e. The van der Waals surface area contributed by atoms with Crippen molar-refractivity contribution in [3.63, 3.8) is 0 Å². The third-order valence-corrected chi connectivity index (χ3v) is 5.68. The van der Waals surface area contributed by atoms with E-state index in [9.17, 15) is 9.50 Å². The van der Waals surface area contributed by atoms with E-state index in [1.165, 1.54) is 23.3 Å². The van der Waals surface area contributed by atoms with E-state index in [4.69, 9.17) is 9.26 Å². The van der Waals surface area contributed by atoms with Crippen molar-refractivity contribution in [3.05, 3.63) is 83.7 Å². The van der Waals surface area contributed by atoms with E-state index in [1.54, 1.807) is 6.07 Å². The molecule has 5 rings (SSSR count). The highest BCUT2D eigenvalue weighted by Gasteiger charge is 2.19. The summed E-state index contributed by atoms with van der Waals surface area (Å²) in [5.74, 6) is 0.914. The van der Waals surface area contributed by atoms with Crippen LogP contribution in [0.25, 0.3) is 22.2 Å². The second kappa shape index (κ2) is 8.49. The molecule has 1 aliphatic rings. The maximum absolute atomic E-state index is 13.3. The van der Waals surface area contributed by atoms with Gasteiger partial charge in [0.2, 0.25) is 0 Å². The van der Waals surface area contributed by atoms with Crippen molar-refractivity contribution in [1.82, 2.24) is 10.1 Å². The highest BCUT2D eigenvalue weighted by molar-refractivity contribution is 5.91. The zero-order valence-corrected chi connectivity index (χ0v) is 17.0. The molecule has 3 aromatic carbocycles. The molecule has 0 aliphatic carbocycles. The Kier molecular flexibility index (Phi) is 5.40. The van der Waals surface area contributed by atoms with Gasteiger partial charge in [0.15, 0.2) is 5.76 Å². The number of aliphatic hydroxyl groups excluding tert-OH is 1. The lowest BCUT2D eigenvalue weighted by Gasteiger charge is -2.30. The lowest BCUT2D eigenvalue weighted by atomic mass is 10.00. The fourth-order valence-corrected chi connectivity index (χ4v) is 4.08. The molecular weight excluding hydrogens is 395 g/mol. The predicted octanol–water partition coefficient (Wildman–Crippen LogP) is 4.43. The van der Waals surface area contributed by atoms with Gasteiger partial charge in [0.1, 0.15) is 29.8 Å². The number of hydrogen-bond donors (Lipinski definition) is 1. The molecule has 1 atom stereocenters. The molecule has 0 amide bonds. The first-order valence-electron chi connectivity index (χ1n) is 10.4. The van der Waals surface area contributed by atoms with Crippen molar-refractivity contribution < 1.29 is 18.8 Å². The molecular formula is C25H23FN2O3. The summed E-state index contributed by atoms with van der Waals surface area (Å²) in [5, 5.41) is 15.1. The van der Waals surface area contributed by atoms with Crippen molar-refractivity contribution >= 4 is 10.9 Å². The molecule has 0 saturated heterocycles. The Labute approximate surface area is 179 Å². The molecule has 1 aromatic heterocycles. The molecule has 31 heavy (non-hydrogen) atoms. The molecule has 0 radical (unpaired) electrons. The average molecular weight is 418 g/mol. The molecule has 2 heterocycles.